The molecule has 2 rings (SSSR count). The van der Waals surface area contributed by atoms with Crippen molar-refractivity contribution in [2.75, 3.05) is 0 Å². The number of nitrogens with one attached hydrogen (secondary N) is 1. The largest absolute Gasteiger partial charge is 0.311 e. The van der Waals surface area contributed by atoms with Crippen LogP contribution in [-0.4, -0.2) is 22.8 Å². The second-order valence-corrected chi connectivity index (χ2v) is 5.10. The van der Waals surface area contributed by atoms with Crippen molar-refractivity contribution in [2.24, 2.45) is 0 Å². The molecule has 0 radical (unpaired) electrons. The first kappa shape index (κ1) is 13.7. The van der Waals surface area contributed by atoms with Crippen LogP contribution in [0.15, 0.2) is 24.3 Å². The van der Waals surface area contributed by atoms with Gasteiger partial charge in [0, 0.05) is 24.6 Å². The number of hydrogen-bond acceptors (Lipinski definition) is 4. The van der Waals surface area contributed by atoms with E-state index in [2.05, 4.69) is 12.2 Å². The van der Waals surface area contributed by atoms with Crippen molar-refractivity contribution in [1.82, 2.24) is 5.32 Å². The van der Waals surface area contributed by atoms with Gasteiger partial charge in [-0.2, -0.15) is 0 Å². The van der Waals surface area contributed by atoms with E-state index in [9.17, 15) is 14.9 Å². The summed E-state index contributed by atoms with van der Waals surface area (Å²) in [6.07, 6.45) is 3.51. The molecule has 102 valence electrons. The molecule has 1 saturated heterocycles. The molecule has 1 aromatic rings. The third-order valence-corrected chi connectivity index (χ3v) is 3.54. The molecule has 5 nitrogen and oxygen atoms in total. The maximum atomic E-state index is 12.2. The topological polar surface area (TPSA) is 72.2 Å². The van der Waals surface area contributed by atoms with Gasteiger partial charge in [-0.15, -0.1) is 0 Å². The molecule has 0 aromatic heterocycles. The third kappa shape index (κ3) is 3.38. The molecular formula is C14H18N2O3. The van der Waals surface area contributed by atoms with Gasteiger partial charge in [0.15, 0.2) is 5.78 Å². The second kappa shape index (κ2) is 5.93. The van der Waals surface area contributed by atoms with Crippen LogP contribution < -0.4 is 5.32 Å². The number of Topliss-reactive ketones (excluding diaryl/α,β-unsaturated/α-hetero) is 1. The lowest BCUT2D eigenvalue weighted by molar-refractivity contribution is -0.385. The summed E-state index contributed by atoms with van der Waals surface area (Å²) in [6.45, 7) is 2.10. The predicted octanol–water partition coefficient (Wildman–Crippen LogP) is 2.70. The normalized spacial score (nSPS) is 23.0. The van der Waals surface area contributed by atoms with E-state index in [1.54, 1.807) is 12.1 Å². The predicted molar refractivity (Wildman–Crippen MR) is 72.3 cm³/mol. The van der Waals surface area contributed by atoms with Crippen LogP contribution in [0.2, 0.25) is 0 Å². The zero-order valence-electron chi connectivity index (χ0n) is 11.0. The zero-order chi connectivity index (χ0) is 13.8. The molecule has 1 aromatic carbocycles. The van der Waals surface area contributed by atoms with Gasteiger partial charge in [-0.3, -0.25) is 14.9 Å². The van der Waals surface area contributed by atoms with E-state index < -0.39 is 4.92 Å². The molecule has 2 unspecified atom stereocenters. The fourth-order valence-electron chi connectivity index (χ4n) is 2.60. The van der Waals surface area contributed by atoms with Crippen molar-refractivity contribution in [3.63, 3.8) is 0 Å². The van der Waals surface area contributed by atoms with Gasteiger partial charge in [-0.1, -0.05) is 18.6 Å². The maximum absolute atomic E-state index is 12.2. The highest BCUT2D eigenvalue weighted by molar-refractivity contribution is 6.00. The number of benzene rings is 1. The van der Waals surface area contributed by atoms with Crippen molar-refractivity contribution >= 4 is 11.5 Å². The average Bonchev–Trinajstić information content (AvgIpc) is 2.38. The van der Waals surface area contributed by atoms with E-state index in [-0.39, 0.29) is 23.1 Å². The number of para-hydroxylation sites is 1. The molecule has 5 heteroatoms. The van der Waals surface area contributed by atoms with Gasteiger partial charge < -0.3 is 5.32 Å². The van der Waals surface area contributed by atoms with Crippen LogP contribution in [0.5, 0.6) is 0 Å². The highest BCUT2D eigenvalue weighted by atomic mass is 16.6. The van der Waals surface area contributed by atoms with E-state index in [0.29, 0.717) is 12.5 Å². The van der Waals surface area contributed by atoms with E-state index in [4.69, 9.17) is 0 Å². The molecule has 0 aliphatic carbocycles. The van der Waals surface area contributed by atoms with E-state index in [1.807, 2.05) is 0 Å². The Morgan fingerprint density at radius 3 is 2.84 bits per heavy atom. The molecule has 0 bridgehead atoms. The number of carbonyl (C=O) groups is 1. The number of ketones is 1. The monoisotopic (exact) mass is 262 g/mol. The van der Waals surface area contributed by atoms with Crippen molar-refractivity contribution in [3.05, 3.63) is 39.9 Å². The standard InChI is InChI=1S/C14H18N2O3/c1-10-5-4-6-11(15-10)9-14(17)12-7-2-3-8-13(12)16(18)19/h2-3,7-8,10-11,15H,4-6,9H2,1H3. The Morgan fingerprint density at radius 1 is 1.42 bits per heavy atom. The van der Waals surface area contributed by atoms with Crippen molar-refractivity contribution in [2.45, 2.75) is 44.7 Å². The smallest absolute Gasteiger partial charge is 0.280 e. The molecule has 1 aliphatic heterocycles. The summed E-state index contributed by atoms with van der Waals surface area (Å²) in [7, 11) is 0. The highest BCUT2D eigenvalue weighted by Gasteiger charge is 2.24. The first-order valence-electron chi connectivity index (χ1n) is 6.60. The van der Waals surface area contributed by atoms with Crippen LogP contribution in [0.25, 0.3) is 0 Å². The maximum Gasteiger partial charge on any atom is 0.280 e. The fraction of sp³-hybridized carbons (Fsp3) is 0.500. The summed E-state index contributed by atoms with van der Waals surface area (Å²) >= 11 is 0. The lowest BCUT2D eigenvalue weighted by Crippen LogP contribution is -2.41. The average molecular weight is 262 g/mol. The van der Waals surface area contributed by atoms with Gasteiger partial charge in [0.05, 0.1) is 10.5 Å². The summed E-state index contributed by atoms with van der Waals surface area (Å²) < 4.78 is 0. The number of piperidine rings is 1. The summed E-state index contributed by atoms with van der Waals surface area (Å²) in [6, 6.07) is 6.71. The van der Waals surface area contributed by atoms with Crippen LogP contribution in [-0.2, 0) is 0 Å². The number of carbonyl (C=O) groups excluding carboxylic acids is 1. The SMILES string of the molecule is CC1CCCC(CC(=O)c2ccccc2[N+](=O)[O-])N1. The van der Waals surface area contributed by atoms with Gasteiger partial charge in [-0.25, -0.2) is 0 Å². The minimum Gasteiger partial charge on any atom is -0.311 e. The molecular weight excluding hydrogens is 244 g/mol. The molecule has 0 amide bonds. The molecule has 0 saturated carbocycles. The Labute approximate surface area is 112 Å². The van der Waals surface area contributed by atoms with Crippen LogP contribution >= 0.6 is 0 Å². The van der Waals surface area contributed by atoms with Crippen LogP contribution in [0.1, 0.15) is 43.0 Å². The van der Waals surface area contributed by atoms with Crippen LogP contribution in [0, 0.1) is 10.1 Å². The molecule has 1 aliphatic rings. The third-order valence-electron chi connectivity index (χ3n) is 3.54. The Kier molecular flexibility index (Phi) is 4.27. The van der Waals surface area contributed by atoms with Crippen LogP contribution in [0.3, 0.4) is 0 Å². The molecule has 1 N–H and O–H groups in total. The number of nitro benzene ring substituents is 1. The second-order valence-electron chi connectivity index (χ2n) is 5.10. The van der Waals surface area contributed by atoms with E-state index >= 15 is 0 Å². The minimum absolute atomic E-state index is 0.101. The molecule has 2 atom stereocenters. The molecule has 1 heterocycles. The molecule has 0 spiro atoms. The van der Waals surface area contributed by atoms with Crippen molar-refractivity contribution < 1.29 is 9.72 Å². The Hall–Kier alpha value is -1.75. The highest BCUT2D eigenvalue weighted by Crippen LogP contribution is 2.22. The van der Waals surface area contributed by atoms with Gasteiger partial charge in [-0.05, 0) is 25.8 Å². The first-order chi connectivity index (χ1) is 9.08. The Morgan fingerprint density at radius 2 is 2.16 bits per heavy atom. The summed E-state index contributed by atoms with van der Waals surface area (Å²) in [5, 5.41) is 14.3. The number of nitrogens with zero attached hydrogens (tertiary/aromatic N) is 1. The Balaban J connectivity index is 2.09. The quantitative estimate of drug-likeness (QED) is 0.514. The van der Waals surface area contributed by atoms with E-state index in [0.717, 1.165) is 19.3 Å². The van der Waals surface area contributed by atoms with Gasteiger partial charge in [0.25, 0.3) is 5.69 Å². The number of hydrogen-bond donors (Lipinski definition) is 1. The van der Waals surface area contributed by atoms with E-state index in [1.165, 1.54) is 12.1 Å². The molecule has 1 fully saturated rings. The van der Waals surface area contributed by atoms with Gasteiger partial charge in [0.2, 0.25) is 0 Å². The first-order valence-corrected chi connectivity index (χ1v) is 6.60. The zero-order valence-corrected chi connectivity index (χ0v) is 11.0. The minimum atomic E-state index is -0.496. The van der Waals surface area contributed by atoms with Crippen molar-refractivity contribution in [1.29, 1.82) is 0 Å². The van der Waals surface area contributed by atoms with Crippen molar-refractivity contribution in [3.8, 4) is 0 Å². The number of nitro groups is 1. The van der Waals surface area contributed by atoms with Gasteiger partial charge in [0.1, 0.15) is 0 Å². The number of rotatable bonds is 4. The summed E-state index contributed by atoms with van der Waals surface area (Å²) in [5.74, 6) is -0.154. The summed E-state index contributed by atoms with van der Waals surface area (Å²) in [5.41, 5.74) is 0.115. The molecule has 19 heavy (non-hydrogen) atoms. The lowest BCUT2D eigenvalue weighted by Gasteiger charge is -2.28. The summed E-state index contributed by atoms with van der Waals surface area (Å²) in [4.78, 5) is 22.6. The van der Waals surface area contributed by atoms with Gasteiger partial charge >= 0.3 is 0 Å². The Bertz CT molecular complexity index is 487. The fourth-order valence-corrected chi connectivity index (χ4v) is 2.60. The van der Waals surface area contributed by atoms with Crippen LogP contribution in [0.4, 0.5) is 5.69 Å². The lowest BCUT2D eigenvalue weighted by atomic mass is 9.93.